The second kappa shape index (κ2) is 7.48. The van der Waals surface area contributed by atoms with Crippen molar-refractivity contribution in [3.05, 3.63) is 75.8 Å². The monoisotopic (exact) mass is 391 g/mol. The highest BCUT2D eigenvalue weighted by Gasteiger charge is 2.22. The van der Waals surface area contributed by atoms with Crippen LogP contribution in [0.2, 0.25) is 10.0 Å². The molecule has 134 valence electrons. The summed E-state index contributed by atoms with van der Waals surface area (Å²) in [5.74, 6) is -1.03. The maximum Gasteiger partial charge on any atom is 0.259 e. The van der Waals surface area contributed by atoms with Crippen LogP contribution < -0.4 is 5.32 Å². The number of amides is 1. The Bertz CT molecular complexity index is 969. The number of rotatable bonds is 4. The minimum absolute atomic E-state index is 0.00676. The Labute approximate surface area is 160 Å². The highest BCUT2D eigenvalue weighted by Crippen LogP contribution is 2.26. The van der Waals surface area contributed by atoms with Crippen LogP contribution in [0.5, 0.6) is 0 Å². The van der Waals surface area contributed by atoms with Crippen molar-refractivity contribution in [2.24, 2.45) is 0 Å². The zero-order valence-electron chi connectivity index (χ0n) is 14.1. The molecular formula is C19H16Cl2FN3O. The van der Waals surface area contributed by atoms with E-state index in [1.807, 2.05) is 26.0 Å². The number of hydrogen-bond acceptors (Lipinski definition) is 2. The number of nitrogens with zero attached hydrogens (tertiary/aromatic N) is 2. The van der Waals surface area contributed by atoms with Crippen molar-refractivity contribution < 1.29 is 9.18 Å². The van der Waals surface area contributed by atoms with Gasteiger partial charge in [0.15, 0.2) is 0 Å². The third kappa shape index (κ3) is 3.74. The summed E-state index contributed by atoms with van der Waals surface area (Å²) < 4.78 is 15.6. The molecule has 0 saturated carbocycles. The van der Waals surface area contributed by atoms with Crippen LogP contribution in [0.15, 0.2) is 48.7 Å². The number of nitrogens with one attached hydrogen (secondary N) is 1. The first kappa shape index (κ1) is 18.4. The van der Waals surface area contributed by atoms with Crippen LogP contribution in [0.4, 0.5) is 10.1 Å². The van der Waals surface area contributed by atoms with E-state index in [4.69, 9.17) is 23.2 Å². The fourth-order valence-electron chi connectivity index (χ4n) is 2.68. The molecule has 0 fully saturated rings. The summed E-state index contributed by atoms with van der Waals surface area (Å²) in [7, 11) is 0. The number of halogens is 3. The molecular weight excluding hydrogens is 376 g/mol. The quantitative estimate of drug-likeness (QED) is 0.620. The fraction of sp³-hybridized carbons (Fsp3) is 0.158. The van der Waals surface area contributed by atoms with Gasteiger partial charge in [-0.3, -0.25) is 4.79 Å². The third-order valence-electron chi connectivity index (χ3n) is 3.83. The van der Waals surface area contributed by atoms with Crippen molar-refractivity contribution in [3.63, 3.8) is 0 Å². The molecule has 1 aromatic heterocycles. The lowest BCUT2D eigenvalue weighted by atomic mass is 10.0. The molecule has 3 rings (SSSR count). The maximum absolute atomic E-state index is 14.0. The van der Waals surface area contributed by atoms with Gasteiger partial charge < -0.3 is 5.32 Å². The van der Waals surface area contributed by atoms with Gasteiger partial charge in [-0.2, -0.15) is 5.10 Å². The Kier molecular flexibility index (Phi) is 5.30. The molecule has 0 radical (unpaired) electrons. The summed E-state index contributed by atoms with van der Waals surface area (Å²) in [4.78, 5) is 12.7. The van der Waals surface area contributed by atoms with Gasteiger partial charge in [0, 0.05) is 10.0 Å². The van der Waals surface area contributed by atoms with Crippen LogP contribution in [0.25, 0.3) is 5.69 Å². The minimum atomic E-state index is -0.598. The SMILES string of the molecule is CC(C)c1c(C(=O)Nc2ccc(Cl)cc2F)cnn1-c1cccc(Cl)c1. The number of benzene rings is 2. The zero-order valence-corrected chi connectivity index (χ0v) is 15.6. The second-order valence-corrected chi connectivity index (χ2v) is 6.94. The molecule has 3 aromatic rings. The fourth-order valence-corrected chi connectivity index (χ4v) is 3.03. The molecule has 1 amide bonds. The lowest BCUT2D eigenvalue weighted by molar-refractivity contribution is 0.102. The van der Waals surface area contributed by atoms with Crippen LogP contribution in [-0.4, -0.2) is 15.7 Å². The summed E-state index contributed by atoms with van der Waals surface area (Å²) in [5, 5.41) is 7.74. The highest BCUT2D eigenvalue weighted by molar-refractivity contribution is 6.31. The Morgan fingerprint density at radius 2 is 1.88 bits per heavy atom. The number of carbonyl (C=O) groups is 1. The van der Waals surface area contributed by atoms with E-state index in [9.17, 15) is 9.18 Å². The summed E-state index contributed by atoms with van der Waals surface area (Å²) >= 11 is 11.8. The molecule has 2 aromatic carbocycles. The molecule has 0 aliphatic rings. The Hall–Kier alpha value is -2.37. The minimum Gasteiger partial charge on any atom is -0.319 e. The molecule has 4 nitrogen and oxygen atoms in total. The molecule has 0 spiro atoms. The van der Waals surface area contributed by atoms with Gasteiger partial charge in [-0.05, 0) is 42.3 Å². The molecule has 7 heteroatoms. The first-order valence-electron chi connectivity index (χ1n) is 7.97. The number of carbonyl (C=O) groups excluding carboxylic acids is 1. The van der Waals surface area contributed by atoms with Crippen LogP contribution >= 0.6 is 23.2 Å². The molecule has 0 bridgehead atoms. The maximum atomic E-state index is 14.0. The third-order valence-corrected chi connectivity index (χ3v) is 4.30. The molecule has 0 unspecified atom stereocenters. The summed E-state index contributed by atoms with van der Waals surface area (Å²) in [5.41, 5.74) is 1.89. The summed E-state index contributed by atoms with van der Waals surface area (Å²) in [6.07, 6.45) is 1.47. The second-order valence-electron chi connectivity index (χ2n) is 6.07. The van der Waals surface area contributed by atoms with Crippen LogP contribution in [0.3, 0.4) is 0 Å². The summed E-state index contributed by atoms with van der Waals surface area (Å²) in [6.45, 7) is 3.91. The largest absolute Gasteiger partial charge is 0.319 e. The van der Waals surface area contributed by atoms with Gasteiger partial charge in [0.2, 0.25) is 0 Å². The predicted molar refractivity (Wildman–Crippen MR) is 102 cm³/mol. The van der Waals surface area contributed by atoms with E-state index < -0.39 is 11.7 Å². The van der Waals surface area contributed by atoms with E-state index >= 15 is 0 Å². The molecule has 0 aliphatic carbocycles. The summed E-state index contributed by atoms with van der Waals surface area (Å²) in [6, 6.07) is 11.3. The van der Waals surface area contributed by atoms with Gasteiger partial charge in [-0.1, -0.05) is 43.1 Å². The van der Waals surface area contributed by atoms with Gasteiger partial charge in [-0.15, -0.1) is 0 Å². The number of anilines is 1. The van der Waals surface area contributed by atoms with Gasteiger partial charge >= 0.3 is 0 Å². The highest BCUT2D eigenvalue weighted by atomic mass is 35.5. The lowest BCUT2D eigenvalue weighted by Gasteiger charge is -2.13. The molecule has 0 saturated heterocycles. The lowest BCUT2D eigenvalue weighted by Crippen LogP contribution is -2.16. The molecule has 0 aliphatic heterocycles. The van der Waals surface area contributed by atoms with Gasteiger partial charge in [0.05, 0.1) is 28.8 Å². The Morgan fingerprint density at radius 3 is 2.54 bits per heavy atom. The van der Waals surface area contributed by atoms with E-state index in [-0.39, 0.29) is 16.6 Å². The van der Waals surface area contributed by atoms with E-state index in [2.05, 4.69) is 10.4 Å². The van der Waals surface area contributed by atoms with Crippen molar-refractivity contribution in [1.82, 2.24) is 9.78 Å². The first-order chi connectivity index (χ1) is 12.4. The first-order valence-corrected chi connectivity index (χ1v) is 8.72. The predicted octanol–water partition coefficient (Wildman–Crippen LogP) is 5.69. The average molecular weight is 392 g/mol. The topological polar surface area (TPSA) is 46.9 Å². The van der Waals surface area contributed by atoms with Crippen molar-refractivity contribution in [2.45, 2.75) is 19.8 Å². The van der Waals surface area contributed by atoms with Crippen LogP contribution in [0.1, 0.15) is 35.8 Å². The van der Waals surface area contributed by atoms with Gasteiger partial charge in [0.25, 0.3) is 5.91 Å². The normalized spacial score (nSPS) is 11.0. The Morgan fingerprint density at radius 1 is 1.15 bits per heavy atom. The van der Waals surface area contributed by atoms with E-state index in [0.29, 0.717) is 16.3 Å². The van der Waals surface area contributed by atoms with Crippen molar-refractivity contribution in [2.75, 3.05) is 5.32 Å². The van der Waals surface area contributed by atoms with E-state index in [0.717, 1.165) is 11.8 Å². The zero-order chi connectivity index (χ0) is 18.8. The molecule has 0 atom stereocenters. The van der Waals surface area contributed by atoms with E-state index in [1.54, 1.807) is 16.8 Å². The van der Waals surface area contributed by atoms with Crippen molar-refractivity contribution in [1.29, 1.82) is 0 Å². The number of hydrogen-bond donors (Lipinski definition) is 1. The van der Waals surface area contributed by atoms with Gasteiger partial charge in [-0.25, -0.2) is 9.07 Å². The van der Waals surface area contributed by atoms with Crippen molar-refractivity contribution >= 4 is 34.8 Å². The average Bonchev–Trinajstić information content (AvgIpc) is 3.03. The molecule has 1 N–H and O–H groups in total. The van der Waals surface area contributed by atoms with Crippen molar-refractivity contribution in [3.8, 4) is 5.69 Å². The van der Waals surface area contributed by atoms with Gasteiger partial charge in [0.1, 0.15) is 5.82 Å². The number of aromatic nitrogens is 2. The molecule has 26 heavy (non-hydrogen) atoms. The Balaban J connectivity index is 1.98. The standard InChI is InChI=1S/C19H16Cl2FN3O/c1-11(2)18-15(10-23-25(18)14-5-3-4-12(20)8-14)19(26)24-17-7-6-13(21)9-16(17)22/h3-11H,1-2H3,(H,24,26). The van der Waals surface area contributed by atoms with E-state index in [1.165, 1.54) is 18.3 Å². The molecule has 1 heterocycles. The van der Waals surface area contributed by atoms with Crippen LogP contribution in [0, 0.1) is 5.82 Å². The van der Waals surface area contributed by atoms with Crippen LogP contribution in [-0.2, 0) is 0 Å². The smallest absolute Gasteiger partial charge is 0.259 e.